The Bertz CT molecular complexity index is 883. The first kappa shape index (κ1) is 15.8. The van der Waals surface area contributed by atoms with Gasteiger partial charge in [-0.2, -0.15) is 19.6 Å². The van der Waals surface area contributed by atoms with Gasteiger partial charge in [-0.15, -0.1) is 0 Å². The van der Waals surface area contributed by atoms with Gasteiger partial charge in [0.15, 0.2) is 0 Å². The van der Waals surface area contributed by atoms with Gasteiger partial charge in [-0.05, 0) is 13.3 Å². The lowest BCUT2D eigenvalue weighted by atomic mass is 10.1. The Hall–Kier alpha value is -2.73. The molecule has 6 heteroatoms. The fourth-order valence-corrected chi connectivity index (χ4v) is 3.08. The molecule has 2 aromatic heterocycles. The Kier molecular flexibility index (Phi) is 4.43. The van der Waals surface area contributed by atoms with Gasteiger partial charge < -0.3 is 5.32 Å². The maximum Gasteiger partial charge on any atom is 0.254 e. The van der Waals surface area contributed by atoms with Crippen molar-refractivity contribution in [3.8, 4) is 11.3 Å². The number of nitrogens with one attached hydrogen (secondary N) is 1. The third-order valence-electron chi connectivity index (χ3n) is 4.58. The molecule has 0 unspecified atom stereocenters. The van der Waals surface area contributed by atoms with Crippen molar-refractivity contribution in [1.82, 2.24) is 24.5 Å². The van der Waals surface area contributed by atoms with Crippen molar-refractivity contribution in [3.05, 3.63) is 54.4 Å². The molecule has 3 heterocycles. The summed E-state index contributed by atoms with van der Waals surface area (Å²) in [7, 11) is 0. The van der Waals surface area contributed by atoms with Gasteiger partial charge in [0, 0.05) is 37.8 Å². The molecule has 0 saturated heterocycles. The highest BCUT2D eigenvalue weighted by molar-refractivity contribution is 5.65. The van der Waals surface area contributed by atoms with E-state index >= 15 is 0 Å². The first-order valence-electron chi connectivity index (χ1n) is 8.68. The average Bonchev–Trinajstić information content (AvgIpc) is 3.12. The number of fused-ring (bicyclic) bond motifs is 1. The molecule has 0 bridgehead atoms. The number of hydrogen-bond donors (Lipinski definition) is 1. The van der Waals surface area contributed by atoms with Crippen molar-refractivity contribution in [2.75, 3.05) is 31.5 Å². The SMILES string of the molecule is CC1=CCN(CCNc2cc(-c3ccccc3)n3ncnc3n2)CC1. The minimum Gasteiger partial charge on any atom is -0.369 e. The molecule has 0 amide bonds. The van der Waals surface area contributed by atoms with Gasteiger partial charge in [-0.3, -0.25) is 4.90 Å². The summed E-state index contributed by atoms with van der Waals surface area (Å²) in [6.07, 6.45) is 5.03. The molecule has 0 aliphatic carbocycles. The van der Waals surface area contributed by atoms with Crippen molar-refractivity contribution >= 4 is 11.6 Å². The summed E-state index contributed by atoms with van der Waals surface area (Å²) in [6.45, 7) is 6.25. The second-order valence-electron chi connectivity index (χ2n) is 6.39. The average molecular weight is 334 g/mol. The third-order valence-corrected chi connectivity index (χ3v) is 4.58. The van der Waals surface area contributed by atoms with Crippen molar-refractivity contribution < 1.29 is 0 Å². The summed E-state index contributed by atoms with van der Waals surface area (Å²) in [6, 6.07) is 12.2. The molecule has 0 spiro atoms. The Labute approximate surface area is 147 Å². The highest BCUT2D eigenvalue weighted by atomic mass is 15.3. The molecule has 0 fully saturated rings. The largest absolute Gasteiger partial charge is 0.369 e. The maximum absolute atomic E-state index is 4.56. The van der Waals surface area contributed by atoms with Crippen LogP contribution in [0.25, 0.3) is 17.0 Å². The van der Waals surface area contributed by atoms with Gasteiger partial charge >= 0.3 is 0 Å². The molecule has 25 heavy (non-hydrogen) atoms. The predicted molar refractivity (Wildman–Crippen MR) is 99.5 cm³/mol. The second kappa shape index (κ2) is 7.03. The van der Waals surface area contributed by atoms with Gasteiger partial charge in [0.1, 0.15) is 12.1 Å². The van der Waals surface area contributed by atoms with Crippen LogP contribution in [-0.4, -0.2) is 50.7 Å². The number of anilines is 1. The van der Waals surface area contributed by atoms with Crippen molar-refractivity contribution in [2.45, 2.75) is 13.3 Å². The summed E-state index contributed by atoms with van der Waals surface area (Å²) < 4.78 is 1.78. The Balaban J connectivity index is 1.50. The van der Waals surface area contributed by atoms with E-state index in [1.54, 1.807) is 10.8 Å². The van der Waals surface area contributed by atoms with Crippen LogP contribution in [0.4, 0.5) is 5.82 Å². The molecular formula is C19H22N6. The fraction of sp³-hybridized carbons (Fsp3) is 0.316. The van der Waals surface area contributed by atoms with Crippen LogP contribution in [-0.2, 0) is 0 Å². The third kappa shape index (κ3) is 3.53. The van der Waals surface area contributed by atoms with Crippen LogP contribution in [0.3, 0.4) is 0 Å². The molecule has 1 aliphatic rings. The Morgan fingerprint density at radius 3 is 2.88 bits per heavy atom. The Morgan fingerprint density at radius 1 is 1.20 bits per heavy atom. The van der Waals surface area contributed by atoms with E-state index in [1.165, 1.54) is 12.0 Å². The molecule has 1 aliphatic heterocycles. The van der Waals surface area contributed by atoms with Crippen LogP contribution in [0, 0.1) is 0 Å². The van der Waals surface area contributed by atoms with E-state index in [0.717, 1.165) is 43.3 Å². The minimum atomic E-state index is 0.611. The monoisotopic (exact) mass is 334 g/mol. The van der Waals surface area contributed by atoms with E-state index < -0.39 is 0 Å². The molecule has 0 radical (unpaired) electrons. The normalized spacial score (nSPS) is 15.3. The quantitative estimate of drug-likeness (QED) is 0.727. The highest BCUT2D eigenvalue weighted by Gasteiger charge is 2.11. The summed E-state index contributed by atoms with van der Waals surface area (Å²) in [4.78, 5) is 11.3. The predicted octanol–water partition coefficient (Wildman–Crippen LogP) is 2.86. The van der Waals surface area contributed by atoms with Crippen LogP contribution in [0.2, 0.25) is 0 Å². The van der Waals surface area contributed by atoms with Gasteiger partial charge in [0.2, 0.25) is 0 Å². The zero-order chi connectivity index (χ0) is 17.1. The molecule has 3 aromatic rings. The molecule has 1 N–H and O–H groups in total. The van der Waals surface area contributed by atoms with Crippen LogP contribution in [0.5, 0.6) is 0 Å². The van der Waals surface area contributed by atoms with E-state index in [4.69, 9.17) is 0 Å². The molecule has 4 rings (SSSR count). The van der Waals surface area contributed by atoms with E-state index in [-0.39, 0.29) is 0 Å². The lowest BCUT2D eigenvalue weighted by Crippen LogP contribution is -2.32. The summed E-state index contributed by atoms with van der Waals surface area (Å²) in [5, 5.41) is 7.74. The first-order chi connectivity index (χ1) is 12.3. The zero-order valence-electron chi connectivity index (χ0n) is 14.4. The molecule has 0 saturated carbocycles. The van der Waals surface area contributed by atoms with E-state index in [1.807, 2.05) is 24.3 Å². The summed E-state index contributed by atoms with van der Waals surface area (Å²) in [5.74, 6) is 1.45. The number of aromatic nitrogens is 4. The number of nitrogens with zero attached hydrogens (tertiary/aromatic N) is 5. The van der Waals surface area contributed by atoms with Crippen LogP contribution in [0.15, 0.2) is 54.4 Å². The van der Waals surface area contributed by atoms with E-state index in [2.05, 4.69) is 50.4 Å². The maximum atomic E-state index is 4.56. The van der Waals surface area contributed by atoms with E-state index in [9.17, 15) is 0 Å². The lowest BCUT2D eigenvalue weighted by molar-refractivity contribution is 0.305. The van der Waals surface area contributed by atoms with Gasteiger partial charge in [-0.25, -0.2) is 0 Å². The van der Waals surface area contributed by atoms with Gasteiger partial charge in [0.25, 0.3) is 5.78 Å². The van der Waals surface area contributed by atoms with Crippen molar-refractivity contribution in [2.24, 2.45) is 0 Å². The summed E-state index contributed by atoms with van der Waals surface area (Å²) >= 11 is 0. The Morgan fingerprint density at radius 2 is 2.08 bits per heavy atom. The fourth-order valence-electron chi connectivity index (χ4n) is 3.08. The summed E-state index contributed by atoms with van der Waals surface area (Å²) in [5.41, 5.74) is 3.58. The van der Waals surface area contributed by atoms with Crippen LogP contribution < -0.4 is 5.32 Å². The highest BCUT2D eigenvalue weighted by Crippen LogP contribution is 2.21. The molecule has 1 aromatic carbocycles. The molecule has 0 atom stereocenters. The van der Waals surface area contributed by atoms with E-state index in [0.29, 0.717) is 5.78 Å². The van der Waals surface area contributed by atoms with Crippen LogP contribution in [0.1, 0.15) is 13.3 Å². The molecule has 6 nitrogen and oxygen atoms in total. The lowest BCUT2D eigenvalue weighted by Gasteiger charge is -2.25. The molecular weight excluding hydrogens is 312 g/mol. The zero-order valence-corrected chi connectivity index (χ0v) is 14.4. The number of rotatable bonds is 5. The van der Waals surface area contributed by atoms with Crippen LogP contribution >= 0.6 is 0 Å². The van der Waals surface area contributed by atoms with Gasteiger partial charge in [-0.1, -0.05) is 42.0 Å². The van der Waals surface area contributed by atoms with Crippen molar-refractivity contribution in [1.29, 1.82) is 0 Å². The van der Waals surface area contributed by atoms with Gasteiger partial charge in [0.05, 0.1) is 5.69 Å². The first-order valence-corrected chi connectivity index (χ1v) is 8.68. The standard InChI is InChI=1S/C19H22N6/c1-15-7-10-24(11-8-15)12-9-20-18-13-17(16-5-3-2-4-6-16)25-19(23-18)21-14-22-25/h2-7,13-14H,8-12H2,1H3,(H,20,21,22,23). The topological polar surface area (TPSA) is 58.4 Å². The molecule has 128 valence electrons. The number of benzene rings is 1. The van der Waals surface area contributed by atoms with Crippen molar-refractivity contribution in [3.63, 3.8) is 0 Å². The minimum absolute atomic E-state index is 0.611. The number of hydrogen-bond acceptors (Lipinski definition) is 5. The second-order valence-corrected chi connectivity index (χ2v) is 6.39. The smallest absolute Gasteiger partial charge is 0.254 e.